The number of fused-ring (bicyclic) bond motifs is 1. The van der Waals surface area contributed by atoms with Gasteiger partial charge in [-0.25, -0.2) is 0 Å². The molecular formula is C15H13NS. The van der Waals surface area contributed by atoms with Crippen LogP contribution in [0.25, 0.3) is 10.9 Å². The first-order chi connectivity index (χ1) is 8.34. The normalized spacial score (nSPS) is 10.9. The van der Waals surface area contributed by atoms with Gasteiger partial charge in [0.25, 0.3) is 0 Å². The molecule has 0 fully saturated rings. The molecule has 0 unspecified atom stereocenters. The molecule has 0 atom stereocenters. The van der Waals surface area contributed by atoms with Crippen LogP contribution in [0.5, 0.6) is 0 Å². The maximum absolute atomic E-state index is 2.24. The Labute approximate surface area is 105 Å². The molecule has 0 N–H and O–H groups in total. The third-order valence-corrected chi connectivity index (χ3v) is 3.81. The summed E-state index contributed by atoms with van der Waals surface area (Å²) >= 11 is 1.75. The van der Waals surface area contributed by atoms with Crippen molar-refractivity contribution in [3.8, 4) is 0 Å². The predicted molar refractivity (Wildman–Crippen MR) is 74.4 cm³/mol. The summed E-state index contributed by atoms with van der Waals surface area (Å²) in [5, 5.41) is 1.33. The molecule has 3 rings (SSSR count). The topological polar surface area (TPSA) is 4.93 Å². The quantitative estimate of drug-likeness (QED) is 0.637. The van der Waals surface area contributed by atoms with Gasteiger partial charge in [-0.15, -0.1) is 0 Å². The van der Waals surface area contributed by atoms with Crippen LogP contribution in [0.4, 0.5) is 0 Å². The molecule has 0 saturated heterocycles. The van der Waals surface area contributed by atoms with E-state index in [-0.39, 0.29) is 0 Å². The Morgan fingerprint density at radius 1 is 0.882 bits per heavy atom. The van der Waals surface area contributed by atoms with Crippen LogP contribution in [0.2, 0.25) is 0 Å². The smallest absolute Gasteiger partial charge is 0.0597 e. The monoisotopic (exact) mass is 239 g/mol. The van der Waals surface area contributed by atoms with Crippen molar-refractivity contribution in [3.05, 3.63) is 66.4 Å². The van der Waals surface area contributed by atoms with Gasteiger partial charge in [-0.05, 0) is 42.6 Å². The van der Waals surface area contributed by atoms with Gasteiger partial charge >= 0.3 is 0 Å². The number of para-hydroxylation sites is 1. The lowest BCUT2D eigenvalue weighted by Crippen LogP contribution is -1.83. The first kappa shape index (κ1) is 10.5. The fraction of sp³-hybridized carbons (Fsp3) is 0.0667. The van der Waals surface area contributed by atoms with Crippen LogP contribution in [0.1, 0.15) is 5.56 Å². The molecule has 0 saturated carbocycles. The molecule has 0 aliphatic rings. The summed E-state index contributed by atoms with van der Waals surface area (Å²) in [6.45, 7) is 2.16. The highest BCUT2D eigenvalue weighted by atomic mass is 32.2. The molecule has 3 aromatic rings. The minimum atomic E-state index is 1.26. The maximum Gasteiger partial charge on any atom is 0.0597 e. The van der Waals surface area contributed by atoms with Gasteiger partial charge in [0, 0.05) is 16.5 Å². The number of hydrogen-bond acceptors (Lipinski definition) is 1. The summed E-state index contributed by atoms with van der Waals surface area (Å²) in [6, 6.07) is 19.0. The van der Waals surface area contributed by atoms with E-state index in [1.165, 1.54) is 21.4 Å². The zero-order valence-corrected chi connectivity index (χ0v) is 10.4. The zero-order valence-electron chi connectivity index (χ0n) is 9.63. The Morgan fingerprint density at radius 2 is 1.59 bits per heavy atom. The summed E-state index contributed by atoms with van der Waals surface area (Å²) in [5.74, 6) is 0. The second kappa shape index (κ2) is 4.30. The van der Waals surface area contributed by atoms with Crippen LogP contribution in [0.15, 0.2) is 65.7 Å². The Morgan fingerprint density at radius 3 is 2.41 bits per heavy atom. The number of aromatic nitrogens is 1. The second-order valence-corrected chi connectivity index (χ2v) is 5.11. The number of rotatable bonds is 2. The lowest BCUT2D eigenvalue weighted by Gasteiger charge is -2.03. The Balaban J connectivity index is 2.07. The van der Waals surface area contributed by atoms with Crippen molar-refractivity contribution in [2.45, 2.75) is 11.8 Å². The van der Waals surface area contributed by atoms with Gasteiger partial charge in [-0.3, -0.25) is 3.97 Å². The summed E-state index contributed by atoms with van der Waals surface area (Å²) in [7, 11) is 0. The maximum atomic E-state index is 2.24. The van der Waals surface area contributed by atoms with Crippen LogP contribution < -0.4 is 0 Å². The summed E-state index contributed by atoms with van der Waals surface area (Å²) < 4.78 is 2.24. The van der Waals surface area contributed by atoms with Crippen LogP contribution in [-0.4, -0.2) is 3.97 Å². The molecule has 84 valence electrons. The number of nitrogens with zero attached hydrogens (tertiary/aromatic N) is 1. The third-order valence-electron chi connectivity index (χ3n) is 2.82. The van der Waals surface area contributed by atoms with E-state index < -0.39 is 0 Å². The molecule has 17 heavy (non-hydrogen) atoms. The highest BCUT2D eigenvalue weighted by Gasteiger charge is 2.05. The van der Waals surface area contributed by atoms with E-state index >= 15 is 0 Å². The van der Waals surface area contributed by atoms with Crippen LogP contribution in [-0.2, 0) is 0 Å². The molecule has 2 aromatic carbocycles. The number of benzene rings is 2. The van der Waals surface area contributed by atoms with Gasteiger partial charge in [0.1, 0.15) is 0 Å². The van der Waals surface area contributed by atoms with Crippen molar-refractivity contribution < 1.29 is 0 Å². The number of aryl methyl sites for hydroxylation is 1. The highest BCUT2D eigenvalue weighted by Crippen LogP contribution is 2.28. The molecule has 0 radical (unpaired) electrons. The molecule has 0 aliphatic heterocycles. The summed E-state index contributed by atoms with van der Waals surface area (Å²) in [6.07, 6.45) is 2.20. The fourth-order valence-corrected chi connectivity index (χ4v) is 2.96. The Bertz CT molecular complexity index is 640. The van der Waals surface area contributed by atoms with Crippen molar-refractivity contribution in [3.63, 3.8) is 0 Å². The van der Waals surface area contributed by atoms with E-state index in [0.717, 1.165) is 0 Å². The van der Waals surface area contributed by atoms with E-state index in [1.54, 1.807) is 11.9 Å². The molecule has 0 spiro atoms. The van der Waals surface area contributed by atoms with Crippen molar-refractivity contribution in [2.75, 3.05) is 0 Å². The van der Waals surface area contributed by atoms with Crippen molar-refractivity contribution in [1.29, 1.82) is 0 Å². The zero-order chi connectivity index (χ0) is 11.7. The lowest BCUT2D eigenvalue weighted by atomic mass is 10.2. The standard InChI is InChI=1S/C15H13NS/c1-12-11-16(15-10-6-5-9-14(12)15)17-13-7-3-2-4-8-13/h2-11H,1H3. The molecule has 0 bridgehead atoms. The van der Waals surface area contributed by atoms with E-state index in [2.05, 4.69) is 65.6 Å². The van der Waals surface area contributed by atoms with Crippen LogP contribution in [0.3, 0.4) is 0 Å². The van der Waals surface area contributed by atoms with E-state index in [0.29, 0.717) is 0 Å². The molecular weight excluding hydrogens is 226 g/mol. The van der Waals surface area contributed by atoms with Crippen molar-refractivity contribution >= 4 is 22.9 Å². The Hall–Kier alpha value is -1.67. The SMILES string of the molecule is Cc1cn(Sc2ccccc2)c2ccccc12. The average molecular weight is 239 g/mol. The highest BCUT2D eigenvalue weighted by molar-refractivity contribution is 7.98. The molecule has 1 nitrogen and oxygen atoms in total. The van der Waals surface area contributed by atoms with Crippen molar-refractivity contribution in [1.82, 2.24) is 3.97 Å². The Kier molecular flexibility index (Phi) is 2.65. The number of hydrogen-bond donors (Lipinski definition) is 0. The van der Waals surface area contributed by atoms with Gasteiger partial charge in [0.2, 0.25) is 0 Å². The summed E-state index contributed by atoms with van der Waals surface area (Å²) in [4.78, 5) is 1.26. The van der Waals surface area contributed by atoms with Crippen LogP contribution >= 0.6 is 11.9 Å². The van der Waals surface area contributed by atoms with Gasteiger partial charge in [0.15, 0.2) is 0 Å². The first-order valence-corrected chi connectivity index (χ1v) is 6.42. The van der Waals surface area contributed by atoms with E-state index in [9.17, 15) is 0 Å². The largest absolute Gasteiger partial charge is 0.287 e. The minimum absolute atomic E-state index is 1.26. The molecule has 1 heterocycles. The van der Waals surface area contributed by atoms with Gasteiger partial charge < -0.3 is 0 Å². The lowest BCUT2D eigenvalue weighted by molar-refractivity contribution is 1.30. The van der Waals surface area contributed by atoms with E-state index in [1.807, 2.05) is 6.07 Å². The summed E-state index contributed by atoms with van der Waals surface area (Å²) in [5.41, 5.74) is 2.60. The average Bonchev–Trinajstić information content (AvgIpc) is 2.69. The molecule has 1 aromatic heterocycles. The minimum Gasteiger partial charge on any atom is -0.287 e. The fourth-order valence-electron chi connectivity index (χ4n) is 1.98. The van der Waals surface area contributed by atoms with Gasteiger partial charge in [-0.1, -0.05) is 36.4 Å². The second-order valence-electron chi connectivity index (χ2n) is 4.06. The van der Waals surface area contributed by atoms with Crippen molar-refractivity contribution in [2.24, 2.45) is 0 Å². The molecule has 0 amide bonds. The molecule has 2 heteroatoms. The van der Waals surface area contributed by atoms with E-state index in [4.69, 9.17) is 0 Å². The molecule has 0 aliphatic carbocycles. The van der Waals surface area contributed by atoms with Gasteiger partial charge in [0.05, 0.1) is 5.52 Å². The predicted octanol–water partition coefficient (Wildman–Crippen LogP) is 4.51. The van der Waals surface area contributed by atoms with Crippen LogP contribution in [0, 0.1) is 6.92 Å². The van der Waals surface area contributed by atoms with Gasteiger partial charge in [-0.2, -0.15) is 0 Å². The third kappa shape index (κ3) is 1.96. The first-order valence-electron chi connectivity index (χ1n) is 5.65.